The summed E-state index contributed by atoms with van der Waals surface area (Å²) in [6.07, 6.45) is 6.85. The van der Waals surface area contributed by atoms with Gasteiger partial charge in [-0.05, 0) is 43.5 Å². The van der Waals surface area contributed by atoms with Crippen LogP contribution in [-0.4, -0.2) is 42.0 Å². The van der Waals surface area contributed by atoms with E-state index in [1.807, 2.05) is 24.1 Å². The van der Waals surface area contributed by atoms with E-state index in [9.17, 15) is 4.79 Å². The van der Waals surface area contributed by atoms with Crippen LogP contribution in [0.15, 0.2) is 24.5 Å². The minimum Gasteiger partial charge on any atom is -0.342 e. The van der Waals surface area contributed by atoms with Gasteiger partial charge in [-0.2, -0.15) is 0 Å². The zero-order valence-electron chi connectivity index (χ0n) is 10.2. The summed E-state index contributed by atoms with van der Waals surface area (Å²) in [7, 11) is 1.89. The van der Waals surface area contributed by atoms with Gasteiger partial charge >= 0.3 is 0 Å². The van der Waals surface area contributed by atoms with Crippen molar-refractivity contribution < 1.29 is 4.79 Å². The van der Waals surface area contributed by atoms with Crippen LogP contribution in [0, 0.1) is 0 Å². The highest BCUT2D eigenvalue weighted by Gasteiger charge is 2.28. The number of aromatic nitrogens is 1. The third-order valence-corrected chi connectivity index (χ3v) is 3.10. The molecule has 0 bridgehead atoms. The van der Waals surface area contributed by atoms with Crippen molar-refractivity contribution in [2.75, 3.05) is 20.1 Å². The van der Waals surface area contributed by atoms with E-state index in [4.69, 9.17) is 0 Å². The molecule has 92 valence electrons. The standard InChI is InChI=1S/C13H19N3O/c1-16(12-2-3-12)13(17)10-15-9-6-11-4-7-14-8-5-11/h4-5,7-8,12,15H,2-3,6,9-10H2,1H3. The van der Waals surface area contributed by atoms with Crippen LogP contribution in [0.1, 0.15) is 18.4 Å². The molecular weight excluding hydrogens is 214 g/mol. The number of hydrogen-bond acceptors (Lipinski definition) is 3. The molecule has 1 aliphatic rings. The number of carbonyl (C=O) groups is 1. The zero-order valence-corrected chi connectivity index (χ0v) is 10.2. The highest BCUT2D eigenvalue weighted by atomic mass is 16.2. The Hall–Kier alpha value is -1.42. The molecule has 4 nitrogen and oxygen atoms in total. The first-order valence-electron chi connectivity index (χ1n) is 6.12. The molecule has 0 radical (unpaired) electrons. The summed E-state index contributed by atoms with van der Waals surface area (Å²) in [5.74, 6) is 0.197. The van der Waals surface area contributed by atoms with E-state index in [0.29, 0.717) is 12.6 Å². The fourth-order valence-electron chi connectivity index (χ4n) is 1.77. The topological polar surface area (TPSA) is 45.2 Å². The second-order valence-electron chi connectivity index (χ2n) is 4.52. The van der Waals surface area contributed by atoms with Crippen LogP contribution < -0.4 is 5.32 Å². The predicted octanol–water partition coefficient (Wildman–Crippen LogP) is 0.834. The van der Waals surface area contributed by atoms with E-state index in [2.05, 4.69) is 10.3 Å². The van der Waals surface area contributed by atoms with E-state index in [1.165, 1.54) is 18.4 Å². The SMILES string of the molecule is CN(C(=O)CNCCc1ccncc1)C1CC1. The zero-order chi connectivity index (χ0) is 12.1. The molecule has 1 heterocycles. The van der Waals surface area contributed by atoms with E-state index >= 15 is 0 Å². The van der Waals surface area contributed by atoms with Crippen molar-refractivity contribution in [1.82, 2.24) is 15.2 Å². The van der Waals surface area contributed by atoms with Crippen molar-refractivity contribution in [2.24, 2.45) is 0 Å². The Balaban J connectivity index is 1.61. The monoisotopic (exact) mass is 233 g/mol. The van der Waals surface area contributed by atoms with Crippen LogP contribution in [-0.2, 0) is 11.2 Å². The van der Waals surface area contributed by atoms with Crippen molar-refractivity contribution in [2.45, 2.75) is 25.3 Å². The second-order valence-corrected chi connectivity index (χ2v) is 4.52. The number of pyridine rings is 1. The van der Waals surface area contributed by atoms with Gasteiger partial charge in [0, 0.05) is 25.5 Å². The van der Waals surface area contributed by atoms with Crippen LogP contribution >= 0.6 is 0 Å². The molecule has 1 aromatic rings. The van der Waals surface area contributed by atoms with Gasteiger partial charge in [0.1, 0.15) is 0 Å². The molecule has 0 unspecified atom stereocenters. The Kier molecular flexibility index (Phi) is 4.09. The summed E-state index contributed by atoms with van der Waals surface area (Å²) in [4.78, 5) is 17.5. The molecular formula is C13H19N3O. The number of hydrogen-bond donors (Lipinski definition) is 1. The number of nitrogens with zero attached hydrogens (tertiary/aromatic N) is 2. The van der Waals surface area contributed by atoms with Crippen LogP contribution in [0.4, 0.5) is 0 Å². The molecule has 0 aromatic carbocycles. The van der Waals surface area contributed by atoms with Gasteiger partial charge in [0.2, 0.25) is 5.91 Å². The van der Waals surface area contributed by atoms with E-state index < -0.39 is 0 Å². The van der Waals surface area contributed by atoms with E-state index in [1.54, 1.807) is 12.4 Å². The summed E-state index contributed by atoms with van der Waals surface area (Å²) in [5, 5.41) is 3.19. The van der Waals surface area contributed by atoms with Gasteiger partial charge in [-0.3, -0.25) is 9.78 Å². The smallest absolute Gasteiger partial charge is 0.236 e. The summed E-state index contributed by atoms with van der Waals surface area (Å²) >= 11 is 0. The molecule has 1 saturated carbocycles. The minimum absolute atomic E-state index is 0.197. The first-order valence-corrected chi connectivity index (χ1v) is 6.12. The molecule has 1 aliphatic carbocycles. The third kappa shape index (κ3) is 3.82. The number of nitrogens with one attached hydrogen (secondary N) is 1. The molecule has 0 saturated heterocycles. The molecule has 0 aliphatic heterocycles. The third-order valence-electron chi connectivity index (χ3n) is 3.10. The van der Waals surface area contributed by atoms with Crippen LogP contribution in [0.25, 0.3) is 0 Å². The summed E-state index contributed by atoms with van der Waals surface area (Å²) < 4.78 is 0. The Bertz CT molecular complexity index is 362. The highest BCUT2D eigenvalue weighted by Crippen LogP contribution is 2.24. The Labute approximate surface area is 102 Å². The Morgan fingerprint density at radius 2 is 2.18 bits per heavy atom. The normalized spacial score (nSPS) is 14.6. The lowest BCUT2D eigenvalue weighted by atomic mass is 10.2. The van der Waals surface area contributed by atoms with Crippen molar-refractivity contribution in [1.29, 1.82) is 0 Å². The van der Waals surface area contributed by atoms with Crippen molar-refractivity contribution in [3.63, 3.8) is 0 Å². The van der Waals surface area contributed by atoms with Crippen molar-refractivity contribution in [3.8, 4) is 0 Å². The van der Waals surface area contributed by atoms with E-state index in [-0.39, 0.29) is 5.91 Å². The molecule has 1 aromatic heterocycles. The molecule has 4 heteroatoms. The maximum absolute atomic E-state index is 11.7. The first kappa shape index (κ1) is 12.0. The average Bonchev–Trinajstić information content (AvgIpc) is 3.19. The molecule has 1 fully saturated rings. The fourth-order valence-corrected chi connectivity index (χ4v) is 1.77. The maximum Gasteiger partial charge on any atom is 0.236 e. The Morgan fingerprint density at radius 1 is 1.47 bits per heavy atom. The molecule has 17 heavy (non-hydrogen) atoms. The van der Waals surface area contributed by atoms with Gasteiger partial charge in [0.25, 0.3) is 0 Å². The van der Waals surface area contributed by atoms with Crippen LogP contribution in [0.2, 0.25) is 0 Å². The summed E-state index contributed by atoms with van der Waals surface area (Å²) in [6, 6.07) is 4.50. The average molecular weight is 233 g/mol. The van der Waals surface area contributed by atoms with Crippen LogP contribution in [0.5, 0.6) is 0 Å². The quantitative estimate of drug-likeness (QED) is 0.740. The number of carbonyl (C=O) groups excluding carboxylic acids is 1. The van der Waals surface area contributed by atoms with Gasteiger partial charge in [-0.15, -0.1) is 0 Å². The lowest BCUT2D eigenvalue weighted by molar-refractivity contribution is -0.129. The summed E-state index contributed by atoms with van der Waals surface area (Å²) in [6.45, 7) is 1.27. The minimum atomic E-state index is 0.197. The fraction of sp³-hybridized carbons (Fsp3) is 0.538. The predicted molar refractivity (Wildman–Crippen MR) is 66.6 cm³/mol. The van der Waals surface area contributed by atoms with Crippen LogP contribution in [0.3, 0.4) is 0 Å². The maximum atomic E-state index is 11.7. The summed E-state index contributed by atoms with van der Waals surface area (Å²) in [5.41, 5.74) is 1.25. The number of likely N-dealkylation sites (N-methyl/N-ethyl adjacent to an activating group) is 1. The second kappa shape index (κ2) is 5.77. The lowest BCUT2D eigenvalue weighted by Crippen LogP contribution is -2.37. The van der Waals surface area contributed by atoms with Gasteiger partial charge < -0.3 is 10.2 Å². The molecule has 1 N–H and O–H groups in total. The molecule has 1 amide bonds. The molecule has 0 atom stereocenters. The largest absolute Gasteiger partial charge is 0.342 e. The number of rotatable bonds is 6. The van der Waals surface area contributed by atoms with E-state index in [0.717, 1.165) is 13.0 Å². The molecule has 2 rings (SSSR count). The van der Waals surface area contributed by atoms with Gasteiger partial charge in [0.15, 0.2) is 0 Å². The van der Waals surface area contributed by atoms with Crippen molar-refractivity contribution >= 4 is 5.91 Å². The lowest BCUT2D eigenvalue weighted by Gasteiger charge is -2.16. The van der Waals surface area contributed by atoms with Gasteiger partial charge in [0.05, 0.1) is 6.54 Å². The highest BCUT2D eigenvalue weighted by molar-refractivity contribution is 5.78. The number of amides is 1. The van der Waals surface area contributed by atoms with Gasteiger partial charge in [-0.1, -0.05) is 0 Å². The van der Waals surface area contributed by atoms with Crippen molar-refractivity contribution in [3.05, 3.63) is 30.1 Å². The first-order chi connectivity index (χ1) is 8.27. The van der Waals surface area contributed by atoms with Gasteiger partial charge in [-0.25, -0.2) is 0 Å². The molecule has 0 spiro atoms. The Morgan fingerprint density at radius 3 is 2.82 bits per heavy atom.